The van der Waals surface area contributed by atoms with E-state index in [0.717, 1.165) is 24.2 Å². The Kier molecular flexibility index (Phi) is 5.11. The molecule has 2 aromatic heterocycles. The Hall–Kier alpha value is -1.70. The summed E-state index contributed by atoms with van der Waals surface area (Å²) in [5, 5.41) is 0. The minimum atomic E-state index is 0.464. The molecule has 2 rings (SSSR count). The summed E-state index contributed by atoms with van der Waals surface area (Å²) in [5.41, 5.74) is 6.28. The van der Waals surface area contributed by atoms with Gasteiger partial charge in [-0.2, -0.15) is 0 Å². The monoisotopic (exact) mass is 282 g/mol. The van der Waals surface area contributed by atoms with Crippen LogP contribution in [0.1, 0.15) is 67.6 Å². The quantitative estimate of drug-likeness (QED) is 0.786. The summed E-state index contributed by atoms with van der Waals surface area (Å²) in [6.45, 7) is 10.9. The molecule has 2 heteroatoms. The van der Waals surface area contributed by atoms with Crippen LogP contribution in [0.5, 0.6) is 0 Å². The van der Waals surface area contributed by atoms with Crippen LogP contribution >= 0.6 is 0 Å². The molecule has 0 bridgehead atoms. The van der Waals surface area contributed by atoms with Crippen molar-refractivity contribution in [2.45, 2.75) is 59.3 Å². The number of aryl methyl sites for hydroxylation is 2. The molecule has 0 aliphatic carbocycles. The van der Waals surface area contributed by atoms with E-state index in [1.165, 1.54) is 16.7 Å². The minimum Gasteiger partial charge on any atom is -0.261 e. The third-order valence-electron chi connectivity index (χ3n) is 4.18. The SMILES string of the molecule is CCc1ccc(C(C)Cc2cc(C(C)C)cnc2C)cn1. The number of rotatable bonds is 5. The Morgan fingerprint density at radius 2 is 1.71 bits per heavy atom. The Bertz CT molecular complexity index is 585. The third kappa shape index (κ3) is 3.90. The van der Waals surface area contributed by atoms with Crippen LogP contribution in [-0.4, -0.2) is 9.97 Å². The second kappa shape index (κ2) is 6.84. The maximum Gasteiger partial charge on any atom is 0.0405 e. The van der Waals surface area contributed by atoms with Gasteiger partial charge in [0.05, 0.1) is 0 Å². The van der Waals surface area contributed by atoms with E-state index in [2.05, 4.69) is 62.8 Å². The second-order valence-electron chi connectivity index (χ2n) is 6.21. The van der Waals surface area contributed by atoms with E-state index in [1.807, 2.05) is 12.4 Å². The fourth-order valence-electron chi connectivity index (χ4n) is 2.50. The molecule has 2 heterocycles. The first-order chi connectivity index (χ1) is 10.0. The van der Waals surface area contributed by atoms with Gasteiger partial charge in [-0.15, -0.1) is 0 Å². The normalized spacial score (nSPS) is 12.7. The molecule has 0 aliphatic rings. The molecule has 1 unspecified atom stereocenters. The molecule has 0 aromatic carbocycles. The van der Waals surface area contributed by atoms with Crippen LogP contribution in [0, 0.1) is 6.92 Å². The topological polar surface area (TPSA) is 25.8 Å². The molecular formula is C19H26N2. The van der Waals surface area contributed by atoms with Gasteiger partial charge in [0, 0.05) is 23.8 Å². The Balaban J connectivity index is 2.18. The average Bonchev–Trinajstić information content (AvgIpc) is 2.49. The number of pyridine rings is 2. The molecule has 0 radical (unpaired) electrons. The molecule has 0 N–H and O–H groups in total. The molecule has 1 atom stereocenters. The van der Waals surface area contributed by atoms with Crippen molar-refractivity contribution in [1.82, 2.24) is 9.97 Å². The van der Waals surface area contributed by atoms with E-state index >= 15 is 0 Å². The van der Waals surface area contributed by atoms with E-state index in [9.17, 15) is 0 Å². The summed E-state index contributed by atoms with van der Waals surface area (Å²) in [7, 11) is 0. The van der Waals surface area contributed by atoms with Gasteiger partial charge in [-0.05, 0) is 54.4 Å². The van der Waals surface area contributed by atoms with Gasteiger partial charge < -0.3 is 0 Å². The molecule has 2 nitrogen and oxygen atoms in total. The van der Waals surface area contributed by atoms with E-state index < -0.39 is 0 Å². The maximum atomic E-state index is 4.56. The van der Waals surface area contributed by atoms with E-state index in [4.69, 9.17) is 0 Å². The van der Waals surface area contributed by atoms with Gasteiger partial charge in [-0.25, -0.2) is 0 Å². The lowest BCUT2D eigenvalue weighted by atomic mass is 9.92. The zero-order valence-electron chi connectivity index (χ0n) is 13.9. The lowest BCUT2D eigenvalue weighted by Gasteiger charge is -2.15. The molecular weight excluding hydrogens is 256 g/mol. The van der Waals surface area contributed by atoms with Gasteiger partial charge in [0.25, 0.3) is 0 Å². The van der Waals surface area contributed by atoms with Crippen molar-refractivity contribution in [2.24, 2.45) is 0 Å². The number of hydrogen-bond donors (Lipinski definition) is 0. The summed E-state index contributed by atoms with van der Waals surface area (Å²) in [6.07, 6.45) is 6.05. The first kappa shape index (κ1) is 15.7. The van der Waals surface area contributed by atoms with Crippen molar-refractivity contribution in [2.75, 3.05) is 0 Å². The van der Waals surface area contributed by atoms with Crippen molar-refractivity contribution >= 4 is 0 Å². The van der Waals surface area contributed by atoms with Crippen LogP contribution in [0.25, 0.3) is 0 Å². The van der Waals surface area contributed by atoms with Crippen molar-refractivity contribution < 1.29 is 0 Å². The van der Waals surface area contributed by atoms with E-state index in [0.29, 0.717) is 11.8 Å². The van der Waals surface area contributed by atoms with Crippen LogP contribution in [0.15, 0.2) is 30.6 Å². The van der Waals surface area contributed by atoms with Crippen molar-refractivity contribution in [3.05, 3.63) is 58.7 Å². The fourth-order valence-corrected chi connectivity index (χ4v) is 2.50. The first-order valence-electron chi connectivity index (χ1n) is 7.91. The molecule has 21 heavy (non-hydrogen) atoms. The summed E-state index contributed by atoms with van der Waals surface area (Å²) in [6, 6.07) is 6.67. The number of hydrogen-bond acceptors (Lipinski definition) is 2. The Labute approximate surface area is 128 Å². The highest BCUT2D eigenvalue weighted by Gasteiger charge is 2.11. The molecule has 0 amide bonds. The standard InChI is InChI=1S/C19H26N2/c1-6-19-8-7-16(11-21-19)14(4)9-17-10-18(13(2)3)12-20-15(17)5/h7-8,10-14H,6,9H2,1-5H3. The third-order valence-corrected chi connectivity index (χ3v) is 4.18. The highest BCUT2D eigenvalue weighted by Crippen LogP contribution is 2.24. The summed E-state index contributed by atoms with van der Waals surface area (Å²) < 4.78 is 0. The average molecular weight is 282 g/mol. The van der Waals surface area contributed by atoms with Gasteiger partial charge in [0.2, 0.25) is 0 Å². The van der Waals surface area contributed by atoms with Crippen molar-refractivity contribution in [3.63, 3.8) is 0 Å². The van der Waals surface area contributed by atoms with E-state index in [-0.39, 0.29) is 0 Å². The predicted octanol–water partition coefficient (Wildman–Crippen LogP) is 4.82. The maximum absolute atomic E-state index is 4.56. The molecule has 0 saturated heterocycles. The van der Waals surface area contributed by atoms with Crippen LogP contribution in [0.2, 0.25) is 0 Å². The Morgan fingerprint density at radius 3 is 2.29 bits per heavy atom. The van der Waals surface area contributed by atoms with Crippen molar-refractivity contribution in [3.8, 4) is 0 Å². The fraction of sp³-hybridized carbons (Fsp3) is 0.474. The molecule has 0 spiro atoms. The summed E-state index contributed by atoms with van der Waals surface area (Å²) in [4.78, 5) is 9.07. The Morgan fingerprint density at radius 1 is 1.00 bits per heavy atom. The van der Waals surface area contributed by atoms with Gasteiger partial charge in [-0.3, -0.25) is 9.97 Å². The van der Waals surface area contributed by atoms with Crippen LogP contribution in [0.4, 0.5) is 0 Å². The number of aromatic nitrogens is 2. The highest BCUT2D eigenvalue weighted by molar-refractivity contribution is 5.29. The molecule has 0 fully saturated rings. The first-order valence-corrected chi connectivity index (χ1v) is 7.91. The zero-order chi connectivity index (χ0) is 15.4. The predicted molar refractivity (Wildman–Crippen MR) is 88.8 cm³/mol. The molecule has 0 aliphatic heterocycles. The molecule has 112 valence electrons. The minimum absolute atomic E-state index is 0.464. The second-order valence-corrected chi connectivity index (χ2v) is 6.21. The van der Waals surface area contributed by atoms with Gasteiger partial charge in [0.15, 0.2) is 0 Å². The highest BCUT2D eigenvalue weighted by atomic mass is 14.7. The van der Waals surface area contributed by atoms with Gasteiger partial charge in [-0.1, -0.05) is 39.8 Å². The van der Waals surface area contributed by atoms with Crippen molar-refractivity contribution in [1.29, 1.82) is 0 Å². The van der Waals surface area contributed by atoms with Crippen LogP contribution in [0.3, 0.4) is 0 Å². The van der Waals surface area contributed by atoms with Gasteiger partial charge >= 0.3 is 0 Å². The van der Waals surface area contributed by atoms with Crippen LogP contribution < -0.4 is 0 Å². The van der Waals surface area contributed by atoms with Gasteiger partial charge in [0.1, 0.15) is 0 Å². The molecule has 0 saturated carbocycles. The lowest BCUT2D eigenvalue weighted by Crippen LogP contribution is -2.04. The number of nitrogens with zero attached hydrogens (tertiary/aromatic N) is 2. The summed E-state index contributed by atoms with van der Waals surface area (Å²) in [5.74, 6) is 0.990. The van der Waals surface area contributed by atoms with E-state index in [1.54, 1.807) is 0 Å². The smallest absolute Gasteiger partial charge is 0.0405 e. The molecule has 2 aromatic rings. The zero-order valence-corrected chi connectivity index (χ0v) is 13.9. The van der Waals surface area contributed by atoms with Crippen LogP contribution in [-0.2, 0) is 12.8 Å². The largest absolute Gasteiger partial charge is 0.261 e. The summed E-state index contributed by atoms with van der Waals surface area (Å²) >= 11 is 0. The lowest BCUT2D eigenvalue weighted by molar-refractivity contribution is 0.739.